The van der Waals surface area contributed by atoms with Crippen LogP contribution >= 0.6 is 0 Å². The number of benzene rings is 8. The van der Waals surface area contributed by atoms with Gasteiger partial charge in [0, 0.05) is 43.8 Å². The van der Waals surface area contributed by atoms with Gasteiger partial charge in [-0.15, -0.1) is 0 Å². The molecule has 0 atom stereocenters. The lowest BCUT2D eigenvalue weighted by molar-refractivity contribution is -0.0419. The van der Waals surface area contributed by atoms with Crippen LogP contribution < -0.4 is 4.90 Å². The number of nitrogens with zero attached hydrogens (tertiary/aromatic N) is 3. The summed E-state index contributed by atoms with van der Waals surface area (Å²) in [5.41, 5.74) is 16.8. The smallest absolute Gasteiger partial charge is 0.0542 e. The summed E-state index contributed by atoms with van der Waals surface area (Å²) in [6.45, 7) is 0. The van der Waals surface area contributed by atoms with Crippen LogP contribution in [0.3, 0.4) is 0 Å². The summed E-state index contributed by atoms with van der Waals surface area (Å²) in [4.78, 5) is 2.60. The monoisotopic (exact) mass is 783 g/mol. The maximum absolute atomic E-state index is 2.60. The molecule has 2 aromatic heterocycles. The van der Waals surface area contributed by atoms with E-state index in [2.05, 4.69) is 202 Å². The summed E-state index contributed by atoms with van der Waals surface area (Å²) in [6, 6.07) is 70.8. The van der Waals surface area contributed by atoms with E-state index >= 15 is 0 Å². The van der Waals surface area contributed by atoms with E-state index in [1.54, 1.807) is 11.1 Å². The maximum atomic E-state index is 2.60. The largest absolute Gasteiger partial charge is 0.310 e. The van der Waals surface area contributed by atoms with Gasteiger partial charge in [-0.25, -0.2) is 0 Å². The molecule has 3 heterocycles. The Morgan fingerprint density at radius 3 is 1.25 bits per heavy atom. The third kappa shape index (κ3) is 4.53. The minimum Gasteiger partial charge on any atom is -0.310 e. The fourth-order valence-electron chi connectivity index (χ4n) is 13.7. The van der Waals surface area contributed by atoms with Crippen LogP contribution in [0.5, 0.6) is 0 Å². The summed E-state index contributed by atoms with van der Waals surface area (Å²) in [5.74, 6) is 3.26. The molecule has 1 spiro atoms. The third-order valence-electron chi connectivity index (χ3n) is 15.7. The molecule has 1 aliphatic heterocycles. The standard InChI is InChI=1S/C58H45N3/c1-8-22-50-42(15-1)43-16-2-9-23-51(43)60(50)52-24-10-3-17-44(52)45-18-4-11-25-53(45)61-54-26-12-5-19-46(54)47-36-41(29-30-55(47)61)59-56-27-13-6-20-48(56)58(49-21-7-14-28-57(49)59)39-32-37-31-38(34-39)35-40(58)33-37/h1-30,36-40H,31-35H2. The second kappa shape index (κ2) is 12.6. The number of aromatic nitrogens is 2. The maximum Gasteiger partial charge on any atom is 0.0542 e. The van der Waals surface area contributed by atoms with Crippen LogP contribution in [0.4, 0.5) is 17.1 Å². The Hall–Kier alpha value is -6.84. The molecule has 0 amide bonds. The van der Waals surface area contributed by atoms with E-state index in [1.165, 1.54) is 115 Å². The van der Waals surface area contributed by atoms with Crippen molar-refractivity contribution in [3.05, 3.63) is 199 Å². The molecule has 61 heavy (non-hydrogen) atoms. The van der Waals surface area contributed by atoms with Crippen molar-refractivity contribution in [3.8, 4) is 22.5 Å². The average Bonchev–Trinajstić information content (AvgIpc) is 3.82. The number of hydrogen-bond acceptors (Lipinski definition) is 1. The van der Waals surface area contributed by atoms with Gasteiger partial charge in [0.05, 0.1) is 44.8 Å². The van der Waals surface area contributed by atoms with Crippen molar-refractivity contribution in [2.24, 2.45) is 23.7 Å². The van der Waals surface area contributed by atoms with E-state index in [4.69, 9.17) is 0 Å². The molecule has 0 saturated heterocycles. The predicted octanol–water partition coefficient (Wildman–Crippen LogP) is 15.1. The number of hydrogen-bond donors (Lipinski definition) is 0. The highest BCUT2D eigenvalue weighted by Gasteiger charge is 2.61. The van der Waals surface area contributed by atoms with Gasteiger partial charge in [0.15, 0.2) is 0 Å². The molecular formula is C58H45N3. The van der Waals surface area contributed by atoms with Crippen molar-refractivity contribution in [2.75, 3.05) is 4.90 Å². The van der Waals surface area contributed by atoms with Crippen LogP contribution in [0, 0.1) is 23.7 Å². The predicted molar refractivity (Wildman–Crippen MR) is 253 cm³/mol. The summed E-state index contributed by atoms with van der Waals surface area (Å²) in [6.07, 6.45) is 6.99. The molecule has 15 rings (SSSR count). The SMILES string of the molecule is c1ccc(-n2c3ccccc3c3ccccc32)c(-c2ccccc2-n2c3ccccc3c3cc(N4c5ccccc5C5(c6ccccc64)C4CC6CC(C4)CC5C6)ccc32)c1. The van der Waals surface area contributed by atoms with E-state index in [1.807, 2.05) is 0 Å². The van der Waals surface area contributed by atoms with Crippen molar-refractivity contribution >= 4 is 60.7 Å². The van der Waals surface area contributed by atoms with Crippen LogP contribution in [-0.2, 0) is 5.41 Å². The first kappa shape index (κ1) is 33.9. The van der Waals surface area contributed by atoms with E-state index in [9.17, 15) is 0 Å². The first-order valence-corrected chi connectivity index (χ1v) is 22.5. The van der Waals surface area contributed by atoms with Crippen molar-refractivity contribution in [3.63, 3.8) is 0 Å². The molecule has 4 bridgehead atoms. The van der Waals surface area contributed by atoms with E-state index in [0.29, 0.717) is 11.8 Å². The lowest BCUT2D eigenvalue weighted by Gasteiger charge is -2.64. The van der Waals surface area contributed by atoms with Gasteiger partial charge in [-0.2, -0.15) is 0 Å². The number of fused-ring (bicyclic) bond motifs is 8. The van der Waals surface area contributed by atoms with Crippen molar-refractivity contribution in [1.29, 1.82) is 0 Å². The molecule has 4 aliphatic carbocycles. The third-order valence-corrected chi connectivity index (χ3v) is 15.7. The zero-order valence-corrected chi connectivity index (χ0v) is 34.1. The molecule has 3 heteroatoms. The minimum absolute atomic E-state index is 0.0937. The first-order valence-electron chi connectivity index (χ1n) is 22.5. The molecule has 4 saturated carbocycles. The average molecular weight is 784 g/mol. The van der Waals surface area contributed by atoms with Gasteiger partial charge < -0.3 is 14.0 Å². The Labute approximate surface area is 356 Å². The quantitative estimate of drug-likeness (QED) is 0.173. The molecule has 8 aromatic carbocycles. The van der Waals surface area contributed by atoms with Crippen LogP contribution in [0.2, 0.25) is 0 Å². The summed E-state index contributed by atoms with van der Waals surface area (Å²) < 4.78 is 4.96. The Kier molecular flexibility index (Phi) is 7.01. The Morgan fingerprint density at radius 1 is 0.344 bits per heavy atom. The highest BCUT2D eigenvalue weighted by molar-refractivity contribution is 6.12. The topological polar surface area (TPSA) is 13.1 Å². The fraction of sp³-hybridized carbons (Fsp3) is 0.172. The number of anilines is 3. The summed E-state index contributed by atoms with van der Waals surface area (Å²) in [7, 11) is 0. The van der Waals surface area contributed by atoms with E-state index < -0.39 is 0 Å². The van der Waals surface area contributed by atoms with E-state index in [-0.39, 0.29) is 5.41 Å². The zero-order valence-electron chi connectivity index (χ0n) is 34.1. The van der Waals surface area contributed by atoms with Crippen molar-refractivity contribution in [1.82, 2.24) is 9.13 Å². The molecule has 0 unspecified atom stereocenters. The highest BCUT2D eigenvalue weighted by atomic mass is 15.2. The number of rotatable bonds is 4. The molecule has 292 valence electrons. The Morgan fingerprint density at radius 2 is 0.738 bits per heavy atom. The Bertz CT molecular complexity index is 3290. The van der Waals surface area contributed by atoms with Crippen LogP contribution in [0.1, 0.15) is 43.2 Å². The zero-order chi connectivity index (χ0) is 39.8. The van der Waals surface area contributed by atoms with E-state index in [0.717, 1.165) is 11.8 Å². The van der Waals surface area contributed by atoms with Gasteiger partial charge in [0.2, 0.25) is 0 Å². The van der Waals surface area contributed by atoms with Gasteiger partial charge in [-0.3, -0.25) is 0 Å². The highest BCUT2D eigenvalue weighted by Crippen LogP contribution is 2.69. The second-order valence-corrected chi connectivity index (χ2v) is 18.5. The summed E-state index contributed by atoms with van der Waals surface area (Å²) in [5, 5.41) is 5.07. The minimum atomic E-state index is 0.0937. The normalized spacial score (nSPS) is 20.9. The van der Waals surface area contributed by atoms with Crippen LogP contribution in [0.25, 0.3) is 66.1 Å². The molecule has 3 nitrogen and oxygen atoms in total. The lowest BCUT2D eigenvalue weighted by atomic mass is 9.41. The molecule has 0 N–H and O–H groups in total. The van der Waals surface area contributed by atoms with Gasteiger partial charge in [0.25, 0.3) is 0 Å². The summed E-state index contributed by atoms with van der Waals surface area (Å²) >= 11 is 0. The number of para-hydroxylation sites is 7. The lowest BCUT2D eigenvalue weighted by Crippen LogP contribution is -2.57. The molecule has 4 fully saturated rings. The molecule has 0 radical (unpaired) electrons. The Balaban J connectivity index is 0.965. The fourth-order valence-corrected chi connectivity index (χ4v) is 13.7. The van der Waals surface area contributed by atoms with Gasteiger partial charge in [-0.05, 0) is 128 Å². The van der Waals surface area contributed by atoms with Gasteiger partial charge >= 0.3 is 0 Å². The second-order valence-electron chi connectivity index (χ2n) is 18.5. The molecular weight excluding hydrogens is 739 g/mol. The van der Waals surface area contributed by atoms with Crippen molar-refractivity contribution in [2.45, 2.75) is 37.5 Å². The van der Waals surface area contributed by atoms with Crippen LogP contribution in [-0.4, -0.2) is 9.13 Å². The van der Waals surface area contributed by atoms with Crippen molar-refractivity contribution < 1.29 is 0 Å². The first-order chi connectivity index (χ1) is 30.3. The molecule has 5 aliphatic rings. The van der Waals surface area contributed by atoms with Crippen LogP contribution in [0.15, 0.2) is 188 Å². The van der Waals surface area contributed by atoms with Gasteiger partial charge in [0.1, 0.15) is 0 Å². The van der Waals surface area contributed by atoms with Gasteiger partial charge in [-0.1, -0.05) is 127 Å². The molecule has 10 aromatic rings.